The van der Waals surface area contributed by atoms with Gasteiger partial charge in [0.1, 0.15) is 6.04 Å². The molecule has 1 aromatic rings. The van der Waals surface area contributed by atoms with Crippen LogP contribution in [0.15, 0.2) is 24.5 Å². The number of carboxylic acid groups (broad SMARTS) is 1. The van der Waals surface area contributed by atoms with E-state index in [1.807, 2.05) is 0 Å². The SMILES string of the molecule is NC(=O)C(=O)CC(C(=O)O)n1cccc1. The third-order valence-corrected chi connectivity index (χ3v) is 1.93. The molecule has 0 radical (unpaired) electrons. The van der Waals surface area contributed by atoms with Crippen molar-refractivity contribution < 1.29 is 19.5 Å². The number of aromatic nitrogens is 1. The summed E-state index contributed by atoms with van der Waals surface area (Å²) in [6.07, 6.45) is 2.58. The van der Waals surface area contributed by atoms with Crippen LogP contribution in [0.1, 0.15) is 12.5 Å². The highest BCUT2D eigenvalue weighted by atomic mass is 16.4. The summed E-state index contributed by atoms with van der Waals surface area (Å²) in [6, 6.07) is 2.18. The standard InChI is InChI=1S/C9H10N2O4/c10-8(13)7(12)5-6(9(14)15)11-3-1-2-4-11/h1-4,6H,5H2,(H2,10,13)(H,14,15). The van der Waals surface area contributed by atoms with E-state index < -0.39 is 30.1 Å². The number of nitrogens with zero attached hydrogens (tertiary/aromatic N) is 1. The van der Waals surface area contributed by atoms with Crippen molar-refractivity contribution >= 4 is 17.7 Å². The van der Waals surface area contributed by atoms with Gasteiger partial charge in [-0.2, -0.15) is 0 Å². The maximum absolute atomic E-state index is 11.0. The Morgan fingerprint density at radius 1 is 1.27 bits per heavy atom. The maximum Gasteiger partial charge on any atom is 0.327 e. The van der Waals surface area contributed by atoms with E-state index in [1.54, 1.807) is 12.1 Å². The van der Waals surface area contributed by atoms with Crippen LogP contribution in [-0.4, -0.2) is 27.3 Å². The van der Waals surface area contributed by atoms with Crippen LogP contribution in [0.5, 0.6) is 0 Å². The van der Waals surface area contributed by atoms with Gasteiger partial charge in [0.15, 0.2) is 0 Å². The molecule has 0 saturated carbocycles. The fraction of sp³-hybridized carbons (Fsp3) is 0.222. The lowest BCUT2D eigenvalue weighted by Crippen LogP contribution is -2.29. The van der Waals surface area contributed by atoms with E-state index in [9.17, 15) is 14.4 Å². The van der Waals surface area contributed by atoms with E-state index in [1.165, 1.54) is 17.0 Å². The molecule has 1 heterocycles. The molecule has 80 valence electrons. The highest BCUT2D eigenvalue weighted by Gasteiger charge is 2.24. The second-order valence-corrected chi connectivity index (χ2v) is 2.98. The topological polar surface area (TPSA) is 102 Å². The summed E-state index contributed by atoms with van der Waals surface area (Å²) in [6.45, 7) is 0. The fourth-order valence-electron chi connectivity index (χ4n) is 1.15. The first-order valence-electron chi connectivity index (χ1n) is 4.20. The molecule has 6 heteroatoms. The smallest absolute Gasteiger partial charge is 0.327 e. The number of carbonyl (C=O) groups is 3. The number of Topliss-reactive ketones (excluding diaryl/α,β-unsaturated/α-hetero) is 1. The molecule has 15 heavy (non-hydrogen) atoms. The van der Waals surface area contributed by atoms with Gasteiger partial charge < -0.3 is 15.4 Å². The average molecular weight is 210 g/mol. The molecule has 0 saturated heterocycles. The van der Waals surface area contributed by atoms with E-state index >= 15 is 0 Å². The van der Waals surface area contributed by atoms with E-state index in [0.29, 0.717) is 0 Å². The van der Waals surface area contributed by atoms with Crippen molar-refractivity contribution in [1.29, 1.82) is 0 Å². The molecule has 0 spiro atoms. The van der Waals surface area contributed by atoms with Crippen LogP contribution in [0.25, 0.3) is 0 Å². The number of ketones is 1. The zero-order chi connectivity index (χ0) is 11.4. The normalized spacial score (nSPS) is 12.0. The highest BCUT2D eigenvalue weighted by molar-refractivity contribution is 6.35. The molecule has 6 nitrogen and oxygen atoms in total. The van der Waals surface area contributed by atoms with Crippen LogP contribution in [0, 0.1) is 0 Å². The Morgan fingerprint density at radius 2 is 1.80 bits per heavy atom. The van der Waals surface area contributed by atoms with Crippen LogP contribution in [0.3, 0.4) is 0 Å². The number of hydrogen-bond donors (Lipinski definition) is 2. The van der Waals surface area contributed by atoms with E-state index in [2.05, 4.69) is 0 Å². The average Bonchev–Trinajstić information content (AvgIpc) is 2.65. The van der Waals surface area contributed by atoms with Gasteiger partial charge in [-0.1, -0.05) is 0 Å². The van der Waals surface area contributed by atoms with Crippen LogP contribution in [0.4, 0.5) is 0 Å². The quantitative estimate of drug-likeness (QED) is 0.643. The predicted molar refractivity (Wildman–Crippen MR) is 49.9 cm³/mol. The highest BCUT2D eigenvalue weighted by Crippen LogP contribution is 2.12. The monoisotopic (exact) mass is 210 g/mol. The number of carbonyl (C=O) groups excluding carboxylic acids is 2. The number of primary amides is 1. The lowest BCUT2D eigenvalue weighted by Gasteiger charge is -2.12. The number of amides is 1. The number of aliphatic carboxylic acids is 1. The van der Waals surface area contributed by atoms with Crippen molar-refractivity contribution in [3.05, 3.63) is 24.5 Å². The molecular formula is C9H10N2O4. The zero-order valence-electron chi connectivity index (χ0n) is 7.79. The summed E-state index contributed by atoms with van der Waals surface area (Å²) in [5.41, 5.74) is 4.75. The van der Waals surface area contributed by atoms with Gasteiger partial charge in [0, 0.05) is 18.8 Å². The van der Waals surface area contributed by atoms with Gasteiger partial charge in [-0.3, -0.25) is 9.59 Å². The predicted octanol–water partition coefficient (Wildman–Crippen LogP) is -0.442. The Bertz CT molecular complexity index is 383. The van der Waals surface area contributed by atoms with Gasteiger partial charge in [-0.05, 0) is 12.1 Å². The molecule has 0 aliphatic carbocycles. The molecule has 0 aliphatic rings. The molecule has 1 rings (SSSR count). The summed E-state index contributed by atoms with van der Waals surface area (Å²) >= 11 is 0. The lowest BCUT2D eigenvalue weighted by atomic mass is 10.1. The molecule has 0 fully saturated rings. The van der Waals surface area contributed by atoms with Gasteiger partial charge in [0.05, 0.1) is 0 Å². The first-order valence-corrected chi connectivity index (χ1v) is 4.20. The van der Waals surface area contributed by atoms with Crippen molar-refractivity contribution in [3.63, 3.8) is 0 Å². The number of carboxylic acids is 1. The molecule has 1 unspecified atom stereocenters. The second kappa shape index (κ2) is 4.41. The van der Waals surface area contributed by atoms with Crippen LogP contribution in [0.2, 0.25) is 0 Å². The van der Waals surface area contributed by atoms with E-state index in [0.717, 1.165) is 0 Å². The summed E-state index contributed by atoms with van der Waals surface area (Å²) < 4.78 is 1.34. The van der Waals surface area contributed by atoms with Crippen molar-refractivity contribution in [1.82, 2.24) is 4.57 Å². The number of hydrogen-bond acceptors (Lipinski definition) is 3. The van der Waals surface area contributed by atoms with Crippen molar-refractivity contribution in [3.8, 4) is 0 Å². The summed E-state index contributed by atoms with van der Waals surface area (Å²) in [7, 11) is 0. The van der Waals surface area contributed by atoms with Crippen molar-refractivity contribution in [2.24, 2.45) is 5.73 Å². The van der Waals surface area contributed by atoms with Crippen LogP contribution >= 0.6 is 0 Å². The third kappa shape index (κ3) is 2.67. The van der Waals surface area contributed by atoms with Gasteiger partial charge in [-0.25, -0.2) is 4.79 Å². The molecule has 1 amide bonds. The summed E-state index contributed by atoms with van der Waals surface area (Å²) in [4.78, 5) is 32.3. The fourth-order valence-corrected chi connectivity index (χ4v) is 1.15. The first-order chi connectivity index (χ1) is 7.02. The van der Waals surface area contributed by atoms with Crippen molar-refractivity contribution in [2.45, 2.75) is 12.5 Å². The zero-order valence-corrected chi connectivity index (χ0v) is 7.79. The van der Waals surface area contributed by atoms with E-state index in [-0.39, 0.29) is 0 Å². The summed E-state index contributed by atoms with van der Waals surface area (Å²) in [5, 5.41) is 8.85. The summed E-state index contributed by atoms with van der Waals surface area (Å²) in [5.74, 6) is -3.19. The maximum atomic E-state index is 11.0. The first kappa shape index (κ1) is 11.0. The Hall–Kier alpha value is -2.11. The third-order valence-electron chi connectivity index (χ3n) is 1.93. The second-order valence-electron chi connectivity index (χ2n) is 2.98. The Balaban J connectivity index is 2.81. The lowest BCUT2D eigenvalue weighted by molar-refractivity contribution is -0.144. The van der Waals surface area contributed by atoms with Crippen molar-refractivity contribution in [2.75, 3.05) is 0 Å². The van der Waals surface area contributed by atoms with Gasteiger partial charge in [0.2, 0.25) is 5.78 Å². The van der Waals surface area contributed by atoms with Gasteiger partial charge in [0.25, 0.3) is 5.91 Å². The molecular weight excluding hydrogens is 200 g/mol. The number of nitrogens with two attached hydrogens (primary N) is 1. The molecule has 3 N–H and O–H groups in total. The Kier molecular flexibility index (Phi) is 3.22. The van der Waals surface area contributed by atoms with Crippen LogP contribution in [-0.2, 0) is 14.4 Å². The minimum atomic E-state index is -1.18. The number of rotatable bonds is 5. The minimum Gasteiger partial charge on any atom is -0.480 e. The molecule has 1 atom stereocenters. The Labute approximate surface area is 85.3 Å². The van der Waals surface area contributed by atoms with E-state index in [4.69, 9.17) is 10.8 Å². The minimum absolute atomic E-state index is 0.431. The largest absolute Gasteiger partial charge is 0.480 e. The van der Waals surface area contributed by atoms with Gasteiger partial charge in [-0.15, -0.1) is 0 Å². The van der Waals surface area contributed by atoms with Crippen LogP contribution < -0.4 is 5.73 Å². The Morgan fingerprint density at radius 3 is 2.20 bits per heavy atom. The molecule has 0 bridgehead atoms. The van der Waals surface area contributed by atoms with Gasteiger partial charge >= 0.3 is 5.97 Å². The molecule has 0 aromatic carbocycles. The molecule has 0 aliphatic heterocycles. The molecule has 1 aromatic heterocycles.